The normalized spacial score (nSPS) is 37.9. The van der Waals surface area contributed by atoms with Gasteiger partial charge in [0.15, 0.2) is 0 Å². The van der Waals surface area contributed by atoms with Crippen molar-refractivity contribution < 1.29 is 8.78 Å². The molecule has 1 unspecified atom stereocenters. The Bertz CT molecular complexity index is 245. The van der Waals surface area contributed by atoms with Crippen LogP contribution in [0, 0.1) is 5.92 Å². The Morgan fingerprint density at radius 3 is 2.21 bits per heavy atom. The van der Waals surface area contributed by atoms with E-state index in [2.05, 4.69) is 13.8 Å². The molecule has 0 aromatic carbocycles. The summed E-state index contributed by atoms with van der Waals surface area (Å²) in [5.41, 5.74) is 5.47. The molecule has 1 atom stereocenters. The topological polar surface area (TPSA) is 26.0 Å². The van der Waals surface area contributed by atoms with Crippen molar-refractivity contribution in [2.45, 2.75) is 49.3 Å². The minimum Gasteiger partial charge on any atom is -0.324 e. The van der Waals surface area contributed by atoms with Gasteiger partial charge in [-0.1, -0.05) is 13.8 Å². The smallest absolute Gasteiger partial charge is 0.251 e. The third-order valence-electron chi connectivity index (χ3n) is 3.59. The van der Waals surface area contributed by atoms with Gasteiger partial charge in [-0.15, -0.1) is 0 Å². The van der Waals surface area contributed by atoms with Gasteiger partial charge in [0, 0.05) is 23.1 Å². The van der Waals surface area contributed by atoms with Crippen molar-refractivity contribution >= 4 is 11.8 Å². The fourth-order valence-electron chi connectivity index (χ4n) is 3.03. The number of nitrogens with two attached hydrogens (primary N) is 1. The summed E-state index contributed by atoms with van der Waals surface area (Å²) in [7, 11) is 0. The minimum absolute atomic E-state index is 0.0747. The molecular weight excluding hydrogens is 204 g/mol. The maximum atomic E-state index is 12.9. The largest absolute Gasteiger partial charge is 0.324 e. The lowest BCUT2D eigenvalue weighted by Gasteiger charge is -2.51. The maximum absolute atomic E-state index is 12.9. The van der Waals surface area contributed by atoms with Crippen LogP contribution in [-0.2, 0) is 0 Å². The van der Waals surface area contributed by atoms with Gasteiger partial charge in [0.2, 0.25) is 0 Å². The molecule has 1 saturated heterocycles. The third kappa shape index (κ3) is 1.56. The first-order valence-electron chi connectivity index (χ1n) is 5.06. The predicted molar refractivity (Wildman–Crippen MR) is 55.7 cm³/mol. The fraction of sp³-hybridized carbons (Fsp3) is 1.00. The highest BCUT2D eigenvalue weighted by molar-refractivity contribution is 8.00. The molecule has 2 fully saturated rings. The molecule has 14 heavy (non-hydrogen) atoms. The molecule has 1 aliphatic heterocycles. The lowest BCUT2D eigenvalue weighted by atomic mass is 9.62. The summed E-state index contributed by atoms with van der Waals surface area (Å²) in [6.45, 7) is 4.25. The average Bonchev–Trinajstić information content (AvgIpc) is 2.24. The number of thioether (sulfide) groups is 1. The van der Waals surface area contributed by atoms with Crippen LogP contribution in [0.1, 0.15) is 33.1 Å². The Kier molecular flexibility index (Phi) is 2.17. The van der Waals surface area contributed by atoms with Gasteiger partial charge >= 0.3 is 0 Å². The first-order valence-corrected chi connectivity index (χ1v) is 6.04. The van der Waals surface area contributed by atoms with Crippen LogP contribution in [0.5, 0.6) is 0 Å². The van der Waals surface area contributed by atoms with Gasteiger partial charge in [0.25, 0.3) is 5.92 Å². The van der Waals surface area contributed by atoms with Crippen LogP contribution >= 0.6 is 11.8 Å². The standard InChI is InChI=1S/C10H17F2NS/c1-8(2)7(3-4-14-8)9(13)5-10(11,12)6-9/h7H,3-6,13H2,1-2H3. The van der Waals surface area contributed by atoms with Crippen molar-refractivity contribution in [3.63, 3.8) is 0 Å². The first kappa shape index (κ1) is 10.7. The lowest BCUT2D eigenvalue weighted by molar-refractivity contribution is -0.141. The predicted octanol–water partition coefficient (Wildman–Crippen LogP) is 2.64. The van der Waals surface area contributed by atoms with E-state index in [0.29, 0.717) is 0 Å². The van der Waals surface area contributed by atoms with E-state index in [1.54, 1.807) is 0 Å². The molecular formula is C10H17F2NS. The number of hydrogen-bond donors (Lipinski definition) is 1. The summed E-state index contributed by atoms with van der Waals surface area (Å²) >= 11 is 1.86. The molecule has 1 heterocycles. The van der Waals surface area contributed by atoms with E-state index in [9.17, 15) is 8.78 Å². The number of hydrogen-bond acceptors (Lipinski definition) is 2. The third-order valence-corrected chi connectivity index (χ3v) is 5.06. The van der Waals surface area contributed by atoms with Crippen molar-refractivity contribution in [2.75, 3.05) is 5.75 Å². The van der Waals surface area contributed by atoms with E-state index in [1.165, 1.54) is 0 Å². The summed E-state index contributed by atoms with van der Waals surface area (Å²) in [5, 5.41) is 0. The minimum atomic E-state index is -2.50. The molecule has 1 nitrogen and oxygen atoms in total. The highest BCUT2D eigenvalue weighted by atomic mass is 32.2. The van der Waals surface area contributed by atoms with Crippen LogP contribution in [0.15, 0.2) is 0 Å². The van der Waals surface area contributed by atoms with E-state index in [1.807, 2.05) is 11.8 Å². The second-order valence-corrected chi connectivity index (χ2v) is 6.98. The van der Waals surface area contributed by atoms with E-state index in [0.717, 1.165) is 12.2 Å². The fourth-order valence-corrected chi connectivity index (χ4v) is 4.46. The molecule has 0 amide bonds. The molecule has 0 radical (unpaired) electrons. The average molecular weight is 221 g/mol. The summed E-state index contributed by atoms with van der Waals surface area (Å²) in [4.78, 5) is 0. The molecule has 2 aliphatic rings. The highest BCUT2D eigenvalue weighted by Gasteiger charge is 2.61. The molecule has 0 aromatic heterocycles. The molecule has 0 spiro atoms. The quantitative estimate of drug-likeness (QED) is 0.736. The van der Waals surface area contributed by atoms with Crippen LogP contribution in [0.4, 0.5) is 8.78 Å². The maximum Gasteiger partial charge on any atom is 0.251 e. The zero-order valence-electron chi connectivity index (χ0n) is 8.65. The number of alkyl halides is 2. The molecule has 0 aromatic rings. The molecule has 2 N–H and O–H groups in total. The second-order valence-electron chi connectivity index (χ2n) is 5.24. The monoisotopic (exact) mass is 221 g/mol. The van der Waals surface area contributed by atoms with Gasteiger partial charge in [-0.05, 0) is 18.1 Å². The van der Waals surface area contributed by atoms with Gasteiger partial charge in [-0.2, -0.15) is 11.8 Å². The molecule has 1 saturated carbocycles. The van der Waals surface area contributed by atoms with E-state index < -0.39 is 11.5 Å². The van der Waals surface area contributed by atoms with E-state index >= 15 is 0 Å². The van der Waals surface area contributed by atoms with Gasteiger partial charge in [0.1, 0.15) is 0 Å². The highest BCUT2D eigenvalue weighted by Crippen LogP contribution is 2.56. The molecule has 1 aliphatic carbocycles. The molecule has 2 rings (SSSR count). The van der Waals surface area contributed by atoms with Gasteiger partial charge < -0.3 is 5.73 Å². The summed E-state index contributed by atoms with van der Waals surface area (Å²) < 4.78 is 25.8. The zero-order valence-corrected chi connectivity index (χ0v) is 9.46. The van der Waals surface area contributed by atoms with Crippen LogP contribution in [-0.4, -0.2) is 22.0 Å². The Morgan fingerprint density at radius 2 is 1.86 bits per heavy atom. The van der Waals surface area contributed by atoms with Crippen molar-refractivity contribution in [1.29, 1.82) is 0 Å². The summed E-state index contributed by atoms with van der Waals surface area (Å²) in [6.07, 6.45) is 0.758. The number of halogens is 2. The van der Waals surface area contributed by atoms with Gasteiger partial charge in [-0.25, -0.2) is 8.78 Å². The van der Waals surface area contributed by atoms with Gasteiger partial charge in [0.05, 0.1) is 0 Å². The van der Waals surface area contributed by atoms with Crippen molar-refractivity contribution in [3.05, 3.63) is 0 Å². The van der Waals surface area contributed by atoms with E-state index in [-0.39, 0.29) is 23.5 Å². The van der Waals surface area contributed by atoms with Gasteiger partial charge in [-0.3, -0.25) is 0 Å². The lowest BCUT2D eigenvalue weighted by Crippen LogP contribution is -2.65. The van der Waals surface area contributed by atoms with Crippen molar-refractivity contribution in [1.82, 2.24) is 0 Å². The Morgan fingerprint density at radius 1 is 1.29 bits per heavy atom. The molecule has 82 valence electrons. The Labute approximate surface area is 87.8 Å². The first-order chi connectivity index (χ1) is 6.25. The van der Waals surface area contributed by atoms with Crippen LogP contribution < -0.4 is 5.73 Å². The second kappa shape index (κ2) is 2.85. The van der Waals surface area contributed by atoms with Crippen LogP contribution in [0.2, 0.25) is 0 Å². The van der Waals surface area contributed by atoms with Crippen LogP contribution in [0.3, 0.4) is 0 Å². The van der Waals surface area contributed by atoms with Crippen LogP contribution in [0.25, 0.3) is 0 Å². The summed E-state index contributed by atoms with van der Waals surface area (Å²) in [5.74, 6) is -1.19. The SMILES string of the molecule is CC1(C)SCCC1C1(N)CC(F)(F)C1. The molecule has 0 bridgehead atoms. The molecule has 4 heteroatoms. The number of rotatable bonds is 1. The zero-order chi connectivity index (χ0) is 10.6. The van der Waals surface area contributed by atoms with Crippen molar-refractivity contribution in [3.8, 4) is 0 Å². The van der Waals surface area contributed by atoms with Crippen molar-refractivity contribution in [2.24, 2.45) is 11.7 Å². The Hall–Kier alpha value is 0.170. The van der Waals surface area contributed by atoms with E-state index in [4.69, 9.17) is 5.73 Å². The Balaban J connectivity index is 2.10. The summed E-state index contributed by atoms with van der Waals surface area (Å²) in [6, 6.07) is 0.